The number of amides is 4. The maximum atomic E-state index is 13.9. The number of carbonyl (C=O) groups is 5. The Kier molecular flexibility index (Phi) is 6.86. The van der Waals surface area contributed by atoms with Gasteiger partial charge in [0.05, 0.1) is 0 Å². The number of nitrogens with one attached hydrogen (secondary N) is 3. The minimum absolute atomic E-state index is 0.00522. The summed E-state index contributed by atoms with van der Waals surface area (Å²) in [5, 5.41) is 8.51. The molecule has 5 fully saturated rings. The van der Waals surface area contributed by atoms with Gasteiger partial charge in [0.2, 0.25) is 24.0 Å². The molecule has 0 spiro atoms. The van der Waals surface area contributed by atoms with E-state index in [1.807, 2.05) is 6.92 Å². The van der Waals surface area contributed by atoms with Crippen LogP contribution in [0.1, 0.15) is 78.6 Å². The van der Waals surface area contributed by atoms with Crippen LogP contribution in [-0.2, 0) is 24.0 Å². The number of carbonyl (C=O) groups excluding carboxylic acids is 5. The van der Waals surface area contributed by atoms with Crippen molar-refractivity contribution in [3.8, 4) is 0 Å². The Morgan fingerprint density at radius 3 is 2.35 bits per heavy atom. The zero-order valence-corrected chi connectivity index (χ0v) is 22.4. The van der Waals surface area contributed by atoms with Crippen LogP contribution in [0.3, 0.4) is 0 Å². The molecule has 0 unspecified atom stereocenters. The minimum atomic E-state index is -1.19. The Morgan fingerprint density at radius 2 is 1.76 bits per heavy atom. The van der Waals surface area contributed by atoms with Gasteiger partial charge in [0.25, 0.3) is 5.91 Å². The van der Waals surface area contributed by atoms with Crippen LogP contribution >= 0.6 is 0 Å². The van der Waals surface area contributed by atoms with Gasteiger partial charge in [-0.15, -0.1) is 0 Å². The highest BCUT2D eigenvalue weighted by Crippen LogP contribution is 2.65. The highest BCUT2D eigenvalue weighted by Gasteiger charge is 2.71. The van der Waals surface area contributed by atoms with Crippen molar-refractivity contribution in [1.29, 1.82) is 0 Å². The summed E-state index contributed by atoms with van der Waals surface area (Å²) >= 11 is 0. The van der Waals surface area contributed by atoms with E-state index < -0.39 is 29.3 Å². The zero-order chi connectivity index (χ0) is 26.5. The second-order valence-corrected chi connectivity index (χ2v) is 12.8. The van der Waals surface area contributed by atoms with Gasteiger partial charge in [-0.1, -0.05) is 46.5 Å². The van der Waals surface area contributed by atoms with Crippen LogP contribution in [0.25, 0.3) is 0 Å². The molecule has 5 aliphatic rings. The molecule has 37 heavy (non-hydrogen) atoms. The van der Waals surface area contributed by atoms with E-state index in [4.69, 9.17) is 0 Å². The van der Waals surface area contributed by atoms with Gasteiger partial charge in [-0.05, 0) is 67.1 Å². The standard InChI is InChI=1S/C28H42N4O5/c1-4-18-12-28(18,23(34)25(36)29-13-16-10-11-16)31-24(35)22-20-19(27(20,2)3)14-32(22)26(37)21(30-15-33)17-8-6-5-7-9-17/h15-22H,4-14H2,1-3H3,(H,29,36)(H,30,33)(H,31,35)/t18-,19+,20+,21+,22+,28+/m1/s1. The first-order valence-electron chi connectivity index (χ1n) is 14.3. The van der Waals surface area contributed by atoms with E-state index in [9.17, 15) is 24.0 Å². The lowest BCUT2D eigenvalue weighted by Gasteiger charge is -2.36. The molecular formula is C28H42N4O5. The van der Waals surface area contributed by atoms with E-state index in [0.717, 1.165) is 44.9 Å². The molecule has 3 N–H and O–H groups in total. The quantitative estimate of drug-likeness (QED) is 0.285. The third-order valence-corrected chi connectivity index (χ3v) is 10.2. The molecule has 0 aromatic rings. The topological polar surface area (TPSA) is 125 Å². The maximum Gasteiger partial charge on any atom is 0.289 e. The van der Waals surface area contributed by atoms with Gasteiger partial charge in [-0.25, -0.2) is 0 Å². The summed E-state index contributed by atoms with van der Waals surface area (Å²) in [6, 6.07) is -1.34. The summed E-state index contributed by atoms with van der Waals surface area (Å²) < 4.78 is 0. The number of hydrogen-bond acceptors (Lipinski definition) is 5. The summed E-state index contributed by atoms with van der Waals surface area (Å²) in [6.45, 7) is 7.16. The number of nitrogens with zero attached hydrogens (tertiary/aromatic N) is 1. The molecule has 1 heterocycles. The molecule has 1 saturated heterocycles. The molecule has 204 valence electrons. The summed E-state index contributed by atoms with van der Waals surface area (Å²) in [5.41, 5.74) is -1.27. The Balaban J connectivity index is 1.33. The van der Waals surface area contributed by atoms with Crippen LogP contribution in [0.2, 0.25) is 0 Å². The lowest BCUT2D eigenvalue weighted by molar-refractivity contribution is -0.146. The van der Waals surface area contributed by atoms with E-state index >= 15 is 0 Å². The molecule has 5 rings (SSSR count). The van der Waals surface area contributed by atoms with Gasteiger partial charge in [0.15, 0.2) is 0 Å². The highest BCUT2D eigenvalue weighted by molar-refractivity contribution is 6.41. The number of Topliss-reactive ketones (excluding diaryl/α,β-unsaturated/α-hetero) is 1. The number of likely N-dealkylation sites (tertiary alicyclic amines) is 1. The third kappa shape index (κ3) is 4.67. The number of hydrogen-bond donors (Lipinski definition) is 3. The van der Waals surface area contributed by atoms with Crippen molar-refractivity contribution in [2.24, 2.45) is 35.0 Å². The van der Waals surface area contributed by atoms with Crippen LogP contribution in [0.5, 0.6) is 0 Å². The van der Waals surface area contributed by atoms with Gasteiger partial charge in [-0.2, -0.15) is 0 Å². The van der Waals surface area contributed by atoms with Crippen molar-refractivity contribution in [1.82, 2.24) is 20.9 Å². The number of piperidine rings is 1. The fourth-order valence-electron chi connectivity index (χ4n) is 7.39. The van der Waals surface area contributed by atoms with E-state index in [1.165, 1.54) is 0 Å². The summed E-state index contributed by atoms with van der Waals surface area (Å²) in [7, 11) is 0. The molecule has 4 aliphatic carbocycles. The first-order chi connectivity index (χ1) is 17.7. The number of rotatable bonds is 11. The molecule has 0 aromatic carbocycles. The van der Waals surface area contributed by atoms with Crippen LogP contribution in [0.15, 0.2) is 0 Å². The highest BCUT2D eigenvalue weighted by atomic mass is 16.2. The summed E-state index contributed by atoms with van der Waals surface area (Å²) in [5.74, 6) is -1.12. The molecule has 1 aliphatic heterocycles. The smallest absolute Gasteiger partial charge is 0.289 e. The van der Waals surface area contributed by atoms with Gasteiger partial charge >= 0.3 is 0 Å². The molecule has 4 saturated carbocycles. The van der Waals surface area contributed by atoms with E-state index in [1.54, 1.807) is 4.90 Å². The largest absolute Gasteiger partial charge is 0.349 e. The van der Waals surface area contributed by atoms with Crippen LogP contribution in [0, 0.1) is 35.0 Å². The van der Waals surface area contributed by atoms with Gasteiger partial charge in [-0.3, -0.25) is 24.0 Å². The lowest BCUT2D eigenvalue weighted by atomic mass is 9.83. The average molecular weight is 515 g/mol. The van der Waals surface area contributed by atoms with Crippen molar-refractivity contribution in [2.75, 3.05) is 13.1 Å². The summed E-state index contributed by atoms with van der Waals surface area (Å²) in [6.07, 6.45) is 8.81. The van der Waals surface area contributed by atoms with Crippen LogP contribution in [0.4, 0.5) is 0 Å². The van der Waals surface area contributed by atoms with E-state index in [0.29, 0.717) is 38.3 Å². The number of ketones is 1. The van der Waals surface area contributed by atoms with Crippen molar-refractivity contribution in [3.05, 3.63) is 0 Å². The predicted molar refractivity (Wildman–Crippen MR) is 136 cm³/mol. The Hall–Kier alpha value is -2.45. The van der Waals surface area contributed by atoms with E-state index in [2.05, 4.69) is 29.8 Å². The predicted octanol–water partition coefficient (Wildman–Crippen LogP) is 1.54. The van der Waals surface area contributed by atoms with Crippen molar-refractivity contribution in [3.63, 3.8) is 0 Å². The minimum Gasteiger partial charge on any atom is -0.349 e. The van der Waals surface area contributed by atoms with Crippen molar-refractivity contribution >= 4 is 29.9 Å². The van der Waals surface area contributed by atoms with Gasteiger partial charge in [0.1, 0.15) is 17.6 Å². The maximum absolute atomic E-state index is 13.9. The lowest BCUT2D eigenvalue weighted by Crippen LogP contribution is -2.60. The third-order valence-electron chi connectivity index (χ3n) is 10.2. The SMILES string of the molecule is CC[C@@H]1C[C@@]1(NC(=O)[C@@H]1[C@@H]2[C@H](CN1C(=O)[C@@H](NC=O)C1CCCCC1)C2(C)C)C(=O)C(=O)NCC1CC1. The average Bonchev–Trinajstić information content (AvgIpc) is 3.84. The zero-order valence-electron chi connectivity index (χ0n) is 22.4. The van der Waals surface area contributed by atoms with Gasteiger partial charge in [0, 0.05) is 13.1 Å². The second kappa shape index (κ2) is 9.70. The normalized spacial score (nSPS) is 34.6. The molecule has 0 bridgehead atoms. The molecule has 9 nitrogen and oxygen atoms in total. The van der Waals surface area contributed by atoms with Gasteiger partial charge < -0.3 is 20.9 Å². The first kappa shape index (κ1) is 26.2. The molecule has 4 amide bonds. The molecular weight excluding hydrogens is 472 g/mol. The van der Waals surface area contributed by atoms with Crippen LogP contribution < -0.4 is 16.0 Å². The molecule has 0 radical (unpaired) electrons. The fraction of sp³-hybridized carbons (Fsp3) is 0.821. The first-order valence-corrected chi connectivity index (χ1v) is 14.3. The number of fused-ring (bicyclic) bond motifs is 1. The second-order valence-electron chi connectivity index (χ2n) is 12.8. The van der Waals surface area contributed by atoms with E-state index in [-0.39, 0.29) is 40.9 Å². The Morgan fingerprint density at radius 1 is 1.05 bits per heavy atom. The monoisotopic (exact) mass is 514 g/mol. The Bertz CT molecular complexity index is 972. The molecule has 0 aromatic heterocycles. The molecule has 6 atom stereocenters. The van der Waals surface area contributed by atoms with Crippen LogP contribution in [-0.4, -0.2) is 65.5 Å². The summed E-state index contributed by atoms with van der Waals surface area (Å²) in [4.78, 5) is 66.7. The van der Waals surface area contributed by atoms with Crippen molar-refractivity contribution < 1.29 is 24.0 Å². The van der Waals surface area contributed by atoms with Crippen molar-refractivity contribution in [2.45, 2.75) is 96.2 Å². The Labute approximate surface area is 219 Å². The fourth-order valence-corrected chi connectivity index (χ4v) is 7.39. The molecule has 9 heteroatoms.